The molecule has 0 bridgehead atoms. The number of nitrogens with one attached hydrogen (secondary N) is 1. The largest absolute Gasteiger partial charge is 0.313 e. The van der Waals surface area contributed by atoms with Crippen molar-refractivity contribution in [3.8, 4) is 0 Å². The number of rotatable bonds is 4. The standard InChI is InChI=1S/C18H22N2/c1-2-19-13-14-6-3-8-16(12-14)17-10-4-7-15-9-5-11-20-18(15)17/h3,5-6,8-9,11-12,17,19H,2,4,7,10,13H2,1H3. The molecule has 1 unspecified atom stereocenters. The van der Waals surface area contributed by atoms with E-state index in [0.717, 1.165) is 13.1 Å². The van der Waals surface area contributed by atoms with Crippen LogP contribution in [0.4, 0.5) is 0 Å². The number of fused-ring (bicyclic) bond motifs is 1. The predicted molar refractivity (Wildman–Crippen MR) is 82.8 cm³/mol. The maximum Gasteiger partial charge on any atom is 0.0510 e. The van der Waals surface area contributed by atoms with E-state index in [-0.39, 0.29) is 0 Å². The first kappa shape index (κ1) is 13.3. The quantitative estimate of drug-likeness (QED) is 0.913. The fraction of sp³-hybridized carbons (Fsp3) is 0.389. The van der Waals surface area contributed by atoms with Crippen LogP contribution in [0.15, 0.2) is 42.6 Å². The summed E-state index contributed by atoms with van der Waals surface area (Å²) in [4.78, 5) is 4.65. The molecule has 2 heteroatoms. The highest BCUT2D eigenvalue weighted by Crippen LogP contribution is 2.35. The Hall–Kier alpha value is -1.67. The normalized spacial score (nSPS) is 17.8. The molecule has 0 saturated heterocycles. The van der Waals surface area contributed by atoms with Crippen molar-refractivity contribution in [3.05, 3.63) is 65.0 Å². The molecule has 0 radical (unpaired) electrons. The summed E-state index contributed by atoms with van der Waals surface area (Å²) in [5.74, 6) is 0.474. The van der Waals surface area contributed by atoms with Gasteiger partial charge in [-0.2, -0.15) is 0 Å². The van der Waals surface area contributed by atoms with Crippen molar-refractivity contribution >= 4 is 0 Å². The predicted octanol–water partition coefficient (Wildman–Crippen LogP) is 3.66. The van der Waals surface area contributed by atoms with Crippen LogP contribution < -0.4 is 5.32 Å². The molecule has 1 N–H and O–H groups in total. The Bertz CT molecular complexity index is 577. The molecule has 1 aromatic heterocycles. The molecule has 0 spiro atoms. The van der Waals surface area contributed by atoms with E-state index in [0.29, 0.717) is 5.92 Å². The zero-order chi connectivity index (χ0) is 13.8. The number of aromatic nitrogens is 1. The molecule has 0 amide bonds. The number of benzene rings is 1. The first-order valence-corrected chi connectivity index (χ1v) is 7.62. The first-order chi connectivity index (χ1) is 9.88. The summed E-state index contributed by atoms with van der Waals surface area (Å²) in [6, 6.07) is 13.3. The molecule has 3 rings (SSSR count). The summed E-state index contributed by atoms with van der Waals surface area (Å²) in [6.45, 7) is 4.11. The van der Waals surface area contributed by atoms with E-state index >= 15 is 0 Å². The van der Waals surface area contributed by atoms with Crippen LogP contribution >= 0.6 is 0 Å². The minimum atomic E-state index is 0.474. The van der Waals surface area contributed by atoms with Crippen molar-refractivity contribution < 1.29 is 0 Å². The van der Waals surface area contributed by atoms with Gasteiger partial charge in [-0.1, -0.05) is 37.3 Å². The molecular weight excluding hydrogens is 244 g/mol. The molecule has 1 aromatic carbocycles. The Morgan fingerprint density at radius 2 is 2.20 bits per heavy atom. The summed E-state index contributed by atoms with van der Waals surface area (Å²) in [5.41, 5.74) is 5.51. The van der Waals surface area contributed by atoms with Crippen molar-refractivity contribution in [2.24, 2.45) is 0 Å². The lowest BCUT2D eigenvalue weighted by molar-refractivity contribution is 0.597. The Balaban J connectivity index is 1.90. The molecule has 0 fully saturated rings. The summed E-state index contributed by atoms with van der Waals surface area (Å²) in [5, 5.41) is 3.40. The second-order valence-electron chi connectivity index (χ2n) is 5.52. The molecule has 20 heavy (non-hydrogen) atoms. The third-order valence-electron chi connectivity index (χ3n) is 4.13. The van der Waals surface area contributed by atoms with Gasteiger partial charge in [0.25, 0.3) is 0 Å². The van der Waals surface area contributed by atoms with Gasteiger partial charge in [0.15, 0.2) is 0 Å². The highest BCUT2D eigenvalue weighted by Gasteiger charge is 2.22. The molecular formula is C18H22N2. The Morgan fingerprint density at radius 3 is 3.10 bits per heavy atom. The van der Waals surface area contributed by atoms with Gasteiger partial charge in [-0.3, -0.25) is 4.98 Å². The van der Waals surface area contributed by atoms with Gasteiger partial charge in [-0.25, -0.2) is 0 Å². The smallest absolute Gasteiger partial charge is 0.0510 e. The molecule has 104 valence electrons. The van der Waals surface area contributed by atoms with Crippen LogP contribution in [0.1, 0.15) is 48.1 Å². The van der Waals surface area contributed by atoms with E-state index in [2.05, 4.69) is 53.6 Å². The molecule has 0 aliphatic heterocycles. The number of aryl methyl sites for hydroxylation is 1. The van der Waals surface area contributed by atoms with Crippen molar-refractivity contribution in [3.63, 3.8) is 0 Å². The average Bonchev–Trinajstić information content (AvgIpc) is 2.52. The van der Waals surface area contributed by atoms with E-state index in [1.165, 1.54) is 41.6 Å². The van der Waals surface area contributed by atoms with Crippen LogP contribution in [-0.2, 0) is 13.0 Å². The van der Waals surface area contributed by atoms with E-state index in [4.69, 9.17) is 0 Å². The summed E-state index contributed by atoms with van der Waals surface area (Å²) < 4.78 is 0. The minimum absolute atomic E-state index is 0.474. The monoisotopic (exact) mass is 266 g/mol. The zero-order valence-corrected chi connectivity index (χ0v) is 12.1. The SMILES string of the molecule is CCNCc1cccc(C2CCCc3cccnc32)c1. The summed E-state index contributed by atoms with van der Waals surface area (Å²) in [7, 11) is 0. The molecule has 1 aliphatic carbocycles. The summed E-state index contributed by atoms with van der Waals surface area (Å²) >= 11 is 0. The van der Waals surface area contributed by atoms with Crippen molar-refractivity contribution in [1.82, 2.24) is 10.3 Å². The molecule has 1 atom stereocenters. The van der Waals surface area contributed by atoms with Gasteiger partial charge in [0, 0.05) is 18.7 Å². The Labute approximate surface area is 121 Å². The lowest BCUT2D eigenvalue weighted by atomic mass is 9.82. The van der Waals surface area contributed by atoms with E-state index in [1.54, 1.807) is 0 Å². The highest BCUT2D eigenvalue weighted by molar-refractivity contribution is 5.37. The topological polar surface area (TPSA) is 24.9 Å². The van der Waals surface area contributed by atoms with Crippen molar-refractivity contribution in [2.75, 3.05) is 6.54 Å². The van der Waals surface area contributed by atoms with Gasteiger partial charge in [0.2, 0.25) is 0 Å². The summed E-state index contributed by atoms with van der Waals surface area (Å²) in [6.07, 6.45) is 5.59. The van der Waals surface area contributed by atoms with Gasteiger partial charge in [-0.05, 0) is 48.6 Å². The molecule has 1 heterocycles. The zero-order valence-electron chi connectivity index (χ0n) is 12.1. The van der Waals surface area contributed by atoms with Crippen LogP contribution in [0.3, 0.4) is 0 Å². The van der Waals surface area contributed by atoms with Crippen LogP contribution in [0.2, 0.25) is 0 Å². The third kappa shape index (κ3) is 2.75. The van der Waals surface area contributed by atoms with Gasteiger partial charge in [-0.15, -0.1) is 0 Å². The number of pyridine rings is 1. The van der Waals surface area contributed by atoms with E-state index < -0.39 is 0 Å². The number of nitrogens with zero attached hydrogens (tertiary/aromatic N) is 1. The van der Waals surface area contributed by atoms with E-state index in [9.17, 15) is 0 Å². The molecule has 2 nitrogen and oxygen atoms in total. The average molecular weight is 266 g/mol. The van der Waals surface area contributed by atoms with Crippen LogP contribution in [0.25, 0.3) is 0 Å². The lowest BCUT2D eigenvalue weighted by Gasteiger charge is -2.25. The maximum atomic E-state index is 4.65. The lowest BCUT2D eigenvalue weighted by Crippen LogP contribution is -2.14. The first-order valence-electron chi connectivity index (χ1n) is 7.62. The van der Waals surface area contributed by atoms with Crippen molar-refractivity contribution in [1.29, 1.82) is 0 Å². The Kier molecular flexibility index (Phi) is 4.12. The molecule has 1 aliphatic rings. The minimum Gasteiger partial charge on any atom is -0.313 e. The van der Waals surface area contributed by atoms with E-state index in [1.807, 2.05) is 6.20 Å². The fourth-order valence-corrected chi connectivity index (χ4v) is 3.12. The molecule has 0 saturated carbocycles. The number of hydrogen-bond donors (Lipinski definition) is 1. The number of hydrogen-bond acceptors (Lipinski definition) is 2. The molecule has 2 aromatic rings. The van der Waals surface area contributed by atoms with Gasteiger partial charge < -0.3 is 5.32 Å². The van der Waals surface area contributed by atoms with Crippen LogP contribution in [0.5, 0.6) is 0 Å². The highest BCUT2D eigenvalue weighted by atomic mass is 14.8. The van der Waals surface area contributed by atoms with Gasteiger partial charge in [0.1, 0.15) is 0 Å². The third-order valence-corrected chi connectivity index (χ3v) is 4.13. The van der Waals surface area contributed by atoms with Gasteiger partial charge in [0.05, 0.1) is 5.69 Å². The van der Waals surface area contributed by atoms with Crippen molar-refractivity contribution in [2.45, 2.75) is 38.6 Å². The second kappa shape index (κ2) is 6.19. The van der Waals surface area contributed by atoms with Crippen LogP contribution in [0, 0.1) is 0 Å². The Morgan fingerprint density at radius 1 is 1.25 bits per heavy atom. The second-order valence-corrected chi connectivity index (χ2v) is 5.52. The van der Waals surface area contributed by atoms with Gasteiger partial charge >= 0.3 is 0 Å². The van der Waals surface area contributed by atoms with Crippen LogP contribution in [-0.4, -0.2) is 11.5 Å². The fourth-order valence-electron chi connectivity index (χ4n) is 3.12. The maximum absolute atomic E-state index is 4.65.